The summed E-state index contributed by atoms with van der Waals surface area (Å²) in [5.41, 5.74) is 3.71. The molecule has 4 aromatic rings. The molecule has 0 spiro atoms. The molecule has 2 aromatic heterocycles. The topological polar surface area (TPSA) is 106 Å². The van der Waals surface area contributed by atoms with Crippen molar-refractivity contribution in [1.82, 2.24) is 20.1 Å². The van der Waals surface area contributed by atoms with Crippen molar-refractivity contribution in [3.63, 3.8) is 0 Å². The van der Waals surface area contributed by atoms with Crippen LogP contribution in [-0.4, -0.2) is 44.7 Å². The predicted octanol–water partition coefficient (Wildman–Crippen LogP) is 4.76. The number of hydrogen-bond donors (Lipinski definition) is 2. The summed E-state index contributed by atoms with van der Waals surface area (Å²) in [5.74, 6) is -1.70. The third kappa shape index (κ3) is 6.94. The quantitative estimate of drug-likeness (QED) is 0.336. The Kier molecular flexibility index (Phi) is 7.52. The maximum atomic E-state index is 12.5. The van der Waals surface area contributed by atoms with Crippen molar-refractivity contribution >= 4 is 11.9 Å². The number of amides is 1. The van der Waals surface area contributed by atoms with E-state index in [-0.39, 0.29) is 24.6 Å². The second-order valence-electron chi connectivity index (χ2n) is 7.96. The molecular formula is C26H21F3N4O4. The summed E-state index contributed by atoms with van der Waals surface area (Å²) in [6.07, 6.45) is -3.29. The second kappa shape index (κ2) is 10.9. The summed E-state index contributed by atoms with van der Waals surface area (Å²) in [6, 6.07) is 19.5. The highest BCUT2D eigenvalue weighted by molar-refractivity contribution is 5.94. The number of carbonyl (C=O) groups is 2. The number of carboxylic acid groups (broad SMARTS) is 1. The Hall–Kier alpha value is -4.67. The van der Waals surface area contributed by atoms with Crippen molar-refractivity contribution in [3.05, 3.63) is 90.1 Å². The van der Waals surface area contributed by atoms with E-state index in [4.69, 9.17) is 5.11 Å². The number of ether oxygens (including phenoxy) is 1. The van der Waals surface area contributed by atoms with Gasteiger partial charge in [-0.3, -0.25) is 19.3 Å². The Bertz CT molecular complexity index is 1370. The summed E-state index contributed by atoms with van der Waals surface area (Å²) in [4.78, 5) is 27.2. The third-order valence-electron chi connectivity index (χ3n) is 5.26. The zero-order chi connectivity index (χ0) is 26.4. The first-order chi connectivity index (χ1) is 17.7. The average molecular weight is 510 g/mol. The highest BCUT2D eigenvalue weighted by atomic mass is 19.4. The van der Waals surface area contributed by atoms with Crippen LogP contribution in [-0.2, 0) is 11.3 Å². The molecule has 1 amide bonds. The highest BCUT2D eigenvalue weighted by Crippen LogP contribution is 2.29. The van der Waals surface area contributed by atoms with Gasteiger partial charge in [0.1, 0.15) is 5.75 Å². The Morgan fingerprint density at radius 3 is 2.32 bits per heavy atom. The monoisotopic (exact) mass is 510 g/mol. The van der Waals surface area contributed by atoms with Gasteiger partial charge in [0.05, 0.1) is 30.0 Å². The third-order valence-corrected chi connectivity index (χ3v) is 5.26. The number of aromatic nitrogens is 3. The molecule has 0 radical (unpaired) electrons. The van der Waals surface area contributed by atoms with Gasteiger partial charge in [0, 0.05) is 23.9 Å². The van der Waals surface area contributed by atoms with E-state index < -0.39 is 12.3 Å². The van der Waals surface area contributed by atoms with Crippen LogP contribution in [0.5, 0.6) is 5.75 Å². The van der Waals surface area contributed by atoms with Gasteiger partial charge in [-0.25, -0.2) is 0 Å². The minimum absolute atomic E-state index is 0.0305. The molecule has 2 N–H and O–H groups in total. The number of carboxylic acids is 1. The van der Waals surface area contributed by atoms with Crippen molar-refractivity contribution in [2.24, 2.45) is 0 Å². The van der Waals surface area contributed by atoms with Crippen LogP contribution in [0.2, 0.25) is 0 Å². The van der Waals surface area contributed by atoms with Gasteiger partial charge in [-0.15, -0.1) is 13.2 Å². The molecule has 0 aliphatic heterocycles. The van der Waals surface area contributed by atoms with E-state index in [1.165, 1.54) is 24.3 Å². The largest absolute Gasteiger partial charge is 0.573 e. The molecular weight excluding hydrogens is 489 g/mol. The van der Waals surface area contributed by atoms with E-state index in [0.29, 0.717) is 34.8 Å². The van der Waals surface area contributed by atoms with Crippen molar-refractivity contribution in [1.29, 1.82) is 0 Å². The van der Waals surface area contributed by atoms with Crippen LogP contribution in [0.4, 0.5) is 13.2 Å². The molecule has 2 heterocycles. The van der Waals surface area contributed by atoms with Crippen LogP contribution < -0.4 is 10.1 Å². The Balaban J connectivity index is 1.56. The van der Waals surface area contributed by atoms with Crippen LogP contribution in [0.1, 0.15) is 22.3 Å². The first-order valence-electron chi connectivity index (χ1n) is 11.1. The maximum Gasteiger partial charge on any atom is 0.573 e. The lowest BCUT2D eigenvalue weighted by Crippen LogP contribution is -2.25. The standard InChI is InChI=1S/C26H21F3N4O4/c27-26(28,29)37-20-10-8-18(9-11-20)22-15-23(21-3-1-2-13-30-21)33(32-22)16-17-4-6-19(7-5-17)25(36)31-14-12-24(34)35/h1-11,13,15H,12,14,16H2,(H,31,36)(H,34,35). The number of halogens is 3. The summed E-state index contributed by atoms with van der Waals surface area (Å²) >= 11 is 0. The molecule has 2 aromatic carbocycles. The fraction of sp³-hybridized carbons (Fsp3) is 0.154. The fourth-order valence-electron chi connectivity index (χ4n) is 3.55. The fourth-order valence-corrected chi connectivity index (χ4v) is 3.55. The molecule has 190 valence electrons. The van der Waals surface area contributed by atoms with Gasteiger partial charge in [-0.1, -0.05) is 18.2 Å². The number of carbonyl (C=O) groups excluding carboxylic acids is 1. The number of hydrogen-bond acceptors (Lipinski definition) is 5. The SMILES string of the molecule is O=C(O)CCNC(=O)c1ccc(Cn2nc(-c3ccc(OC(F)(F)F)cc3)cc2-c2ccccn2)cc1. The molecule has 8 nitrogen and oxygen atoms in total. The van der Waals surface area contributed by atoms with Crippen LogP contribution in [0.15, 0.2) is 79.0 Å². The molecule has 0 aliphatic carbocycles. The van der Waals surface area contributed by atoms with Crippen molar-refractivity contribution in [2.75, 3.05) is 6.54 Å². The van der Waals surface area contributed by atoms with Crippen molar-refractivity contribution in [3.8, 4) is 28.4 Å². The van der Waals surface area contributed by atoms with E-state index in [1.54, 1.807) is 47.3 Å². The molecule has 0 saturated heterocycles. The zero-order valence-electron chi connectivity index (χ0n) is 19.3. The highest BCUT2D eigenvalue weighted by Gasteiger charge is 2.31. The number of nitrogens with one attached hydrogen (secondary N) is 1. The minimum atomic E-state index is -4.77. The molecule has 0 atom stereocenters. The number of pyridine rings is 1. The van der Waals surface area contributed by atoms with E-state index >= 15 is 0 Å². The van der Waals surface area contributed by atoms with E-state index in [9.17, 15) is 22.8 Å². The predicted molar refractivity (Wildman–Crippen MR) is 128 cm³/mol. The number of rotatable bonds is 9. The minimum Gasteiger partial charge on any atom is -0.481 e. The molecule has 0 saturated carbocycles. The lowest BCUT2D eigenvalue weighted by molar-refractivity contribution is -0.274. The summed E-state index contributed by atoms with van der Waals surface area (Å²) in [7, 11) is 0. The normalized spacial score (nSPS) is 11.2. The van der Waals surface area contributed by atoms with Gasteiger partial charge in [0.2, 0.25) is 0 Å². The Morgan fingerprint density at radius 2 is 1.70 bits per heavy atom. The molecule has 11 heteroatoms. The van der Waals surface area contributed by atoms with E-state index in [1.807, 2.05) is 12.1 Å². The molecule has 0 aliphatic rings. The van der Waals surface area contributed by atoms with Crippen molar-refractivity contribution in [2.45, 2.75) is 19.3 Å². The second-order valence-corrected chi connectivity index (χ2v) is 7.96. The van der Waals surface area contributed by atoms with Gasteiger partial charge >= 0.3 is 12.3 Å². The number of benzene rings is 2. The van der Waals surface area contributed by atoms with Gasteiger partial charge in [-0.05, 0) is 60.2 Å². The van der Waals surface area contributed by atoms with Gasteiger partial charge in [-0.2, -0.15) is 5.10 Å². The zero-order valence-corrected chi connectivity index (χ0v) is 19.3. The summed E-state index contributed by atoms with van der Waals surface area (Å²) < 4.78 is 43.1. The van der Waals surface area contributed by atoms with E-state index in [0.717, 1.165) is 5.56 Å². The first kappa shape index (κ1) is 25.4. The van der Waals surface area contributed by atoms with Crippen LogP contribution in [0.3, 0.4) is 0 Å². The summed E-state index contributed by atoms with van der Waals surface area (Å²) in [6.45, 7) is 0.366. The van der Waals surface area contributed by atoms with Crippen molar-refractivity contribution < 1.29 is 32.6 Å². The average Bonchev–Trinajstić information content (AvgIpc) is 3.28. The first-order valence-corrected chi connectivity index (χ1v) is 11.1. The number of alkyl halides is 3. The molecule has 0 fully saturated rings. The molecule has 37 heavy (non-hydrogen) atoms. The van der Waals surface area contributed by atoms with Gasteiger partial charge in [0.15, 0.2) is 0 Å². The number of aliphatic carboxylic acids is 1. The lowest BCUT2D eigenvalue weighted by atomic mass is 10.1. The number of nitrogens with zero attached hydrogens (tertiary/aromatic N) is 3. The maximum absolute atomic E-state index is 12.5. The smallest absolute Gasteiger partial charge is 0.481 e. The molecule has 0 bridgehead atoms. The lowest BCUT2D eigenvalue weighted by Gasteiger charge is -2.09. The van der Waals surface area contributed by atoms with Crippen LogP contribution in [0.25, 0.3) is 22.6 Å². The van der Waals surface area contributed by atoms with Crippen LogP contribution in [0, 0.1) is 0 Å². The van der Waals surface area contributed by atoms with Gasteiger partial charge in [0.25, 0.3) is 5.91 Å². The molecule has 4 rings (SSSR count). The summed E-state index contributed by atoms with van der Waals surface area (Å²) in [5, 5.41) is 15.9. The van der Waals surface area contributed by atoms with Gasteiger partial charge < -0.3 is 15.2 Å². The Morgan fingerprint density at radius 1 is 0.973 bits per heavy atom. The van der Waals surface area contributed by atoms with Crippen LogP contribution >= 0.6 is 0 Å². The van der Waals surface area contributed by atoms with E-state index in [2.05, 4.69) is 20.1 Å². The molecule has 0 unspecified atom stereocenters. The Labute approximate surface area is 209 Å².